The van der Waals surface area contributed by atoms with E-state index in [2.05, 4.69) is 43.9 Å². The second kappa shape index (κ2) is 8.23. The smallest absolute Gasteiger partial charge is 0.228 e. The lowest BCUT2D eigenvalue weighted by atomic mass is 10.0. The van der Waals surface area contributed by atoms with Crippen molar-refractivity contribution >= 4 is 46.1 Å². The minimum Gasteiger partial charge on any atom is -0.368 e. The minimum atomic E-state index is 0.498. The van der Waals surface area contributed by atoms with Crippen molar-refractivity contribution in [2.24, 2.45) is 17.6 Å². The molecule has 4 N–H and O–H groups in total. The van der Waals surface area contributed by atoms with E-state index in [4.69, 9.17) is 15.7 Å². The molecule has 1 aliphatic heterocycles. The van der Waals surface area contributed by atoms with E-state index in [0.717, 1.165) is 53.0 Å². The first-order valence-electron chi connectivity index (χ1n) is 10.4. The fourth-order valence-electron chi connectivity index (χ4n) is 3.61. The third-order valence-corrected chi connectivity index (χ3v) is 6.45. The summed E-state index contributed by atoms with van der Waals surface area (Å²) in [4.78, 5) is 22.0. The Morgan fingerprint density at radius 2 is 1.90 bits per heavy atom. The highest BCUT2D eigenvalue weighted by Gasteiger charge is 2.29. The van der Waals surface area contributed by atoms with Crippen molar-refractivity contribution < 1.29 is 0 Å². The molecule has 0 spiro atoms. The average molecular weight is 423 g/mol. The summed E-state index contributed by atoms with van der Waals surface area (Å²) in [6.45, 7) is 3.36. The molecule has 156 valence electrons. The van der Waals surface area contributed by atoms with Gasteiger partial charge in [-0.25, -0.2) is 15.0 Å². The molecule has 0 unspecified atom stereocenters. The zero-order chi connectivity index (χ0) is 20.5. The van der Waals surface area contributed by atoms with Gasteiger partial charge in [0.1, 0.15) is 17.4 Å². The molecule has 1 aliphatic carbocycles. The molecule has 9 heteroatoms. The number of thioether (sulfide) groups is 1. The normalized spacial score (nSPS) is 16.5. The van der Waals surface area contributed by atoms with Gasteiger partial charge in [0.2, 0.25) is 5.95 Å². The van der Waals surface area contributed by atoms with Crippen LogP contribution in [0.25, 0.3) is 11.0 Å². The number of hydrogen-bond donors (Lipinski definition) is 3. The van der Waals surface area contributed by atoms with Crippen molar-refractivity contribution in [1.82, 2.24) is 19.9 Å². The number of nitrogens with zero attached hydrogens (tertiary/aromatic N) is 5. The summed E-state index contributed by atoms with van der Waals surface area (Å²) >= 11 is 1.70. The second-order valence-corrected chi connectivity index (χ2v) is 8.80. The Labute approximate surface area is 180 Å². The zero-order valence-electron chi connectivity index (χ0n) is 17.0. The number of hydrogen-bond acceptors (Lipinski definition) is 9. The number of nitrogens with one attached hydrogen (secondary N) is 2. The fraction of sp³-hybridized carbons (Fsp3) is 0.429. The Balaban J connectivity index is 1.55. The lowest BCUT2D eigenvalue weighted by Crippen LogP contribution is -2.50. The van der Waals surface area contributed by atoms with Gasteiger partial charge >= 0.3 is 0 Å². The van der Waals surface area contributed by atoms with Gasteiger partial charge in [-0.15, -0.1) is 11.8 Å². The quantitative estimate of drug-likeness (QED) is 0.472. The van der Waals surface area contributed by atoms with Crippen LogP contribution in [0.5, 0.6) is 0 Å². The largest absolute Gasteiger partial charge is 0.368 e. The molecule has 8 nitrogen and oxygen atoms in total. The van der Waals surface area contributed by atoms with E-state index in [9.17, 15) is 0 Å². The first-order chi connectivity index (χ1) is 14.7. The molecule has 0 radical (unpaired) electrons. The SMILES string of the molecule is CSc1ccccc1Nc1nc(N2CC(CN)C2)nc2c(NCC3CC3)ncnc12. The summed E-state index contributed by atoms with van der Waals surface area (Å²) in [6.07, 6.45) is 6.21. The van der Waals surface area contributed by atoms with Crippen LogP contribution in [0.4, 0.5) is 23.3 Å². The maximum Gasteiger partial charge on any atom is 0.228 e. The lowest BCUT2D eigenvalue weighted by Gasteiger charge is -2.38. The van der Waals surface area contributed by atoms with E-state index < -0.39 is 0 Å². The molecule has 30 heavy (non-hydrogen) atoms. The highest BCUT2D eigenvalue weighted by atomic mass is 32.2. The van der Waals surface area contributed by atoms with Crippen LogP contribution in [0.2, 0.25) is 0 Å². The number of benzene rings is 1. The molecule has 3 heterocycles. The Hall–Kier alpha value is -2.65. The van der Waals surface area contributed by atoms with Crippen LogP contribution in [0.15, 0.2) is 35.5 Å². The molecule has 2 aromatic heterocycles. The summed E-state index contributed by atoms with van der Waals surface area (Å²) in [5, 5.41) is 6.97. The molecule has 1 aromatic carbocycles. The number of rotatable bonds is 8. The molecule has 2 aliphatic rings. The number of para-hydroxylation sites is 1. The molecule has 0 amide bonds. The second-order valence-electron chi connectivity index (χ2n) is 7.95. The Morgan fingerprint density at radius 3 is 2.67 bits per heavy atom. The molecule has 1 saturated heterocycles. The van der Waals surface area contributed by atoms with Gasteiger partial charge in [-0.2, -0.15) is 4.98 Å². The van der Waals surface area contributed by atoms with Gasteiger partial charge in [-0.3, -0.25) is 0 Å². The average Bonchev–Trinajstić information content (AvgIpc) is 3.56. The minimum absolute atomic E-state index is 0.498. The monoisotopic (exact) mass is 422 g/mol. The van der Waals surface area contributed by atoms with Crippen molar-refractivity contribution in [3.05, 3.63) is 30.6 Å². The molecular formula is C21H26N8S. The third kappa shape index (κ3) is 3.87. The molecule has 0 bridgehead atoms. The Bertz CT molecular complexity index is 1050. The molecule has 1 saturated carbocycles. The number of fused-ring (bicyclic) bond motifs is 1. The lowest BCUT2D eigenvalue weighted by molar-refractivity contribution is 0.414. The fourth-order valence-corrected chi connectivity index (χ4v) is 4.17. The van der Waals surface area contributed by atoms with Gasteiger partial charge in [0.05, 0.1) is 5.69 Å². The van der Waals surface area contributed by atoms with Gasteiger partial charge in [0.15, 0.2) is 11.6 Å². The summed E-state index contributed by atoms with van der Waals surface area (Å²) < 4.78 is 0. The van der Waals surface area contributed by atoms with Crippen LogP contribution in [0, 0.1) is 11.8 Å². The summed E-state index contributed by atoms with van der Waals surface area (Å²) in [7, 11) is 0. The van der Waals surface area contributed by atoms with E-state index in [1.807, 2.05) is 12.1 Å². The van der Waals surface area contributed by atoms with Crippen LogP contribution in [0.1, 0.15) is 12.8 Å². The zero-order valence-corrected chi connectivity index (χ0v) is 17.8. The molecular weight excluding hydrogens is 396 g/mol. The van der Waals surface area contributed by atoms with E-state index in [1.165, 1.54) is 12.8 Å². The predicted octanol–water partition coefficient (Wildman–Crippen LogP) is 3.10. The van der Waals surface area contributed by atoms with Crippen molar-refractivity contribution in [1.29, 1.82) is 0 Å². The van der Waals surface area contributed by atoms with Gasteiger partial charge in [-0.1, -0.05) is 12.1 Å². The predicted molar refractivity (Wildman–Crippen MR) is 123 cm³/mol. The van der Waals surface area contributed by atoms with E-state index in [1.54, 1.807) is 18.1 Å². The first kappa shape index (κ1) is 19.3. The van der Waals surface area contributed by atoms with Gasteiger partial charge in [0, 0.05) is 30.4 Å². The van der Waals surface area contributed by atoms with Crippen molar-refractivity contribution in [2.45, 2.75) is 17.7 Å². The molecule has 2 fully saturated rings. The van der Waals surface area contributed by atoms with Crippen LogP contribution >= 0.6 is 11.8 Å². The molecule has 0 atom stereocenters. The van der Waals surface area contributed by atoms with Crippen LogP contribution in [0.3, 0.4) is 0 Å². The molecule has 3 aromatic rings. The number of nitrogens with two attached hydrogens (primary N) is 1. The highest BCUT2D eigenvalue weighted by molar-refractivity contribution is 7.98. The van der Waals surface area contributed by atoms with E-state index in [0.29, 0.717) is 24.2 Å². The maximum atomic E-state index is 5.81. The highest BCUT2D eigenvalue weighted by Crippen LogP contribution is 2.34. The van der Waals surface area contributed by atoms with E-state index >= 15 is 0 Å². The first-order valence-corrected chi connectivity index (χ1v) is 11.6. The van der Waals surface area contributed by atoms with Crippen molar-refractivity contribution in [2.75, 3.05) is 48.0 Å². The number of anilines is 4. The van der Waals surface area contributed by atoms with E-state index in [-0.39, 0.29) is 0 Å². The number of aromatic nitrogens is 4. The summed E-state index contributed by atoms with van der Waals surface area (Å²) in [5.41, 5.74) is 8.29. The summed E-state index contributed by atoms with van der Waals surface area (Å²) in [6, 6.07) is 8.21. The molecule has 5 rings (SSSR count). The van der Waals surface area contributed by atoms with Gasteiger partial charge in [-0.05, 0) is 43.7 Å². The van der Waals surface area contributed by atoms with Crippen LogP contribution < -0.4 is 21.3 Å². The maximum absolute atomic E-state index is 5.81. The third-order valence-electron chi connectivity index (χ3n) is 5.66. The standard InChI is InChI=1S/C21H26N8S/c1-30-16-5-3-2-4-15(16)26-20-17-18(19(25-12-24-17)23-9-13-6-7-13)27-21(28-20)29-10-14(8-22)11-29/h2-5,12-14H,6-11,22H2,1H3,(H,23,24,25)(H,26,27,28). The van der Waals surface area contributed by atoms with Crippen molar-refractivity contribution in [3.63, 3.8) is 0 Å². The van der Waals surface area contributed by atoms with Crippen molar-refractivity contribution in [3.8, 4) is 0 Å². The Morgan fingerprint density at radius 1 is 1.07 bits per heavy atom. The Kier molecular flexibility index (Phi) is 5.30. The van der Waals surface area contributed by atoms with Crippen LogP contribution in [-0.2, 0) is 0 Å². The summed E-state index contributed by atoms with van der Waals surface area (Å²) in [5.74, 6) is 3.40. The topological polar surface area (TPSA) is 105 Å². The van der Waals surface area contributed by atoms with Gasteiger partial charge < -0.3 is 21.3 Å². The van der Waals surface area contributed by atoms with Crippen LogP contribution in [-0.4, -0.2) is 52.4 Å². The van der Waals surface area contributed by atoms with Gasteiger partial charge in [0.25, 0.3) is 0 Å².